The van der Waals surface area contributed by atoms with Gasteiger partial charge >= 0.3 is 0 Å². The third-order valence-corrected chi connectivity index (χ3v) is 4.47. The lowest BCUT2D eigenvalue weighted by Gasteiger charge is -2.06. The summed E-state index contributed by atoms with van der Waals surface area (Å²) in [6.45, 7) is 1.53. The van der Waals surface area contributed by atoms with E-state index in [0.29, 0.717) is 17.7 Å². The smallest absolute Gasteiger partial charge is 0.163 e. The van der Waals surface area contributed by atoms with Gasteiger partial charge in [-0.05, 0) is 37.1 Å². The van der Waals surface area contributed by atoms with Crippen LogP contribution in [0.5, 0.6) is 5.75 Å². The Hall–Kier alpha value is -2.62. The van der Waals surface area contributed by atoms with E-state index >= 15 is 0 Å². The first-order valence-electron chi connectivity index (χ1n) is 7.29. The highest BCUT2D eigenvalue weighted by Crippen LogP contribution is 2.37. The summed E-state index contributed by atoms with van der Waals surface area (Å²) in [5.74, 6) is 0.739. The number of ether oxygens (including phenoxy) is 1. The fourth-order valence-corrected chi connectivity index (χ4v) is 3.43. The van der Waals surface area contributed by atoms with E-state index in [4.69, 9.17) is 4.74 Å². The van der Waals surface area contributed by atoms with Crippen LogP contribution in [0.3, 0.4) is 0 Å². The van der Waals surface area contributed by atoms with E-state index in [1.54, 1.807) is 7.11 Å². The number of aromatic amines is 1. The Bertz CT molecular complexity index is 966. The summed E-state index contributed by atoms with van der Waals surface area (Å²) in [5.41, 5.74) is 4.38. The number of fused-ring (bicyclic) bond motifs is 5. The third-order valence-electron chi connectivity index (χ3n) is 4.47. The second-order valence-electron chi connectivity index (χ2n) is 5.72. The van der Waals surface area contributed by atoms with Crippen LogP contribution in [0, 0.1) is 0 Å². The second-order valence-corrected chi connectivity index (χ2v) is 5.72. The van der Waals surface area contributed by atoms with Crippen LogP contribution in [0.4, 0.5) is 0 Å². The first-order chi connectivity index (χ1) is 10.6. The molecule has 0 unspecified atom stereocenters. The minimum atomic E-state index is -0.0308. The van der Waals surface area contributed by atoms with Gasteiger partial charge in [-0.2, -0.15) is 0 Å². The summed E-state index contributed by atoms with van der Waals surface area (Å²) in [7, 11) is 1.56. The number of hydrogen-bond acceptors (Lipinski definition) is 3. The molecule has 22 heavy (non-hydrogen) atoms. The number of aromatic nitrogens is 1. The monoisotopic (exact) mass is 293 g/mol. The highest BCUT2D eigenvalue weighted by molar-refractivity contribution is 6.16. The van der Waals surface area contributed by atoms with Crippen molar-refractivity contribution >= 4 is 33.4 Å². The molecule has 0 atom stereocenters. The maximum Gasteiger partial charge on any atom is 0.163 e. The molecule has 0 saturated carbocycles. The predicted octanol–water partition coefficient (Wildman–Crippen LogP) is 3.66. The number of carbonyl (C=O) groups is 2. The Labute approximate surface area is 127 Å². The minimum Gasteiger partial charge on any atom is -0.496 e. The molecule has 0 radical (unpaired) electrons. The van der Waals surface area contributed by atoms with Gasteiger partial charge in [-0.1, -0.05) is 0 Å². The standard InChI is InChI=1S/C18H15NO3/c1-9(20)12-7-13-15(8-17(12)22-2)19-14-5-3-10-11(18(13)14)4-6-16(10)21/h3,5,7-8,19H,4,6H2,1-2H3. The van der Waals surface area contributed by atoms with Crippen molar-refractivity contribution in [3.05, 3.63) is 41.0 Å². The molecule has 0 aliphatic heterocycles. The van der Waals surface area contributed by atoms with E-state index in [1.807, 2.05) is 24.3 Å². The summed E-state index contributed by atoms with van der Waals surface area (Å²) >= 11 is 0. The molecule has 4 rings (SSSR count). The zero-order chi connectivity index (χ0) is 15.4. The summed E-state index contributed by atoms with van der Waals surface area (Å²) in [6.07, 6.45) is 1.33. The SMILES string of the molecule is COc1cc2[nH]c3ccc4c(c3c2cc1C(C)=O)CCC4=O. The van der Waals surface area contributed by atoms with Crippen LogP contribution in [0.25, 0.3) is 21.8 Å². The number of methoxy groups -OCH3 is 1. The van der Waals surface area contributed by atoms with Crippen molar-refractivity contribution in [2.24, 2.45) is 0 Å². The Kier molecular flexibility index (Phi) is 2.64. The van der Waals surface area contributed by atoms with Crippen LogP contribution >= 0.6 is 0 Å². The van der Waals surface area contributed by atoms with E-state index < -0.39 is 0 Å². The van der Waals surface area contributed by atoms with Crippen molar-refractivity contribution in [1.29, 1.82) is 0 Å². The average molecular weight is 293 g/mol. The number of ketones is 2. The van der Waals surface area contributed by atoms with Crippen LogP contribution in [0.1, 0.15) is 39.6 Å². The molecule has 1 aliphatic rings. The van der Waals surface area contributed by atoms with Crippen molar-refractivity contribution in [3.8, 4) is 5.75 Å². The lowest BCUT2D eigenvalue weighted by atomic mass is 10.0. The van der Waals surface area contributed by atoms with Crippen LogP contribution in [0.15, 0.2) is 24.3 Å². The van der Waals surface area contributed by atoms with E-state index in [2.05, 4.69) is 4.98 Å². The van der Waals surface area contributed by atoms with Crippen LogP contribution in [0.2, 0.25) is 0 Å². The Morgan fingerprint density at radius 3 is 2.73 bits per heavy atom. The van der Waals surface area contributed by atoms with Crippen molar-refractivity contribution < 1.29 is 14.3 Å². The number of H-pyrrole nitrogens is 1. The van der Waals surface area contributed by atoms with E-state index in [0.717, 1.165) is 39.4 Å². The van der Waals surface area contributed by atoms with E-state index in [1.165, 1.54) is 6.92 Å². The minimum absolute atomic E-state index is 0.0308. The Morgan fingerprint density at radius 1 is 1.18 bits per heavy atom. The predicted molar refractivity (Wildman–Crippen MR) is 85.0 cm³/mol. The molecule has 110 valence electrons. The molecule has 0 bridgehead atoms. The van der Waals surface area contributed by atoms with Crippen molar-refractivity contribution in [1.82, 2.24) is 4.98 Å². The second kappa shape index (κ2) is 4.44. The fraction of sp³-hybridized carbons (Fsp3) is 0.222. The van der Waals surface area contributed by atoms with Gasteiger partial charge in [-0.25, -0.2) is 0 Å². The largest absolute Gasteiger partial charge is 0.496 e. The molecule has 1 N–H and O–H groups in total. The molecule has 4 nitrogen and oxygen atoms in total. The zero-order valence-electron chi connectivity index (χ0n) is 12.4. The van der Waals surface area contributed by atoms with Gasteiger partial charge in [0.05, 0.1) is 18.2 Å². The van der Waals surface area contributed by atoms with Crippen molar-refractivity contribution in [2.75, 3.05) is 7.11 Å². The number of Topliss-reactive ketones (excluding diaryl/α,β-unsaturated/α-hetero) is 2. The summed E-state index contributed by atoms with van der Waals surface area (Å²) in [4.78, 5) is 27.2. The third kappa shape index (κ3) is 1.64. The first kappa shape index (κ1) is 13.1. The van der Waals surface area contributed by atoms with Gasteiger partial charge in [0, 0.05) is 34.3 Å². The number of hydrogen-bond donors (Lipinski definition) is 1. The maximum atomic E-state index is 12.0. The average Bonchev–Trinajstić information content (AvgIpc) is 3.05. The van der Waals surface area contributed by atoms with Crippen molar-refractivity contribution in [3.63, 3.8) is 0 Å². The molecule has 0 fully saturated rings. The van der Waals surface area contributed by atoms with Gasteiger partial charge in [-0.15, -0.1) is 0 Å². The lowest BCUT2D eigenvalue weighted by molar-refractivity contribution is 0.0991. The molecule has 2 aromatic carbocycles. The van der Waals surface area contributed by atoms with E-state index in [-0.39, 0.29) is 11.6 Å². The number of carbonyl (C=O) groups excluding carboxylic acids is 2. The molecule has 1 aliphatic carbocycles. The molecule has 3 aromatic rings. The number of rotatable bonds is 2. The van der Waals surface area contributed by atoms with Crippen molar-refractivity contribution in [2.45, 2.75) is 19.8 Å². The van der Waals surface area contributed by atoms with Gasteiger partial charge in [0.2, 0.25) is 0 Å². The van der Waals surface area contributed by atoms with Crippen LogP contribution in [-0.2, 0) is 6.42 Å². The first-order valence-corrected chi connectivity index (χ1v) is 7.29. The van der Waals surface area contributed by atoms with Crippen LogP contribution < -0.4 is 4.74 Å². The van der Waals surface area contributed by atoms with Gasteiger partial charge in [0.15, 0.2) is 11.6 Å². The van der Waals surface area contributed by atoms with Gasteiger partial charge < -0.3 is 9.72 Å². The zero-order valence-corrected chi connectivity index (χ0v) is 12.4. The Balaban J connectivity index is 2.15. The fourth-order valence-electron chi connectivity index (χ4n) is 3.43. The summed E-state index contributed by atoms with van der Waals surface area (Å²) < 4.78 is 5.33. The lowest BCUT2D eigenvalue weighted by Crippen LogP contribution is -1.97. The number of nitrogens with one attached hydrogen (secondary N) is 1. The molecule has 0 spiro atoms. The summed E-state index contributed by atoms with van der Waals surface area (Å²) in [5, 5.41) is 2.04. The molecule has 0 amide bonds. The molecule has 1 heterocycles. The number of benzene rings is 2. The molecule has 0 saturated heterocycles. The maximum absolute atomic E-state index is 12.0. The highest BCUT2D eigenvalue weighted by atomic mass is 16.5. The summed E-state index contributed by atoms with van der Waals surface area (Å²) in [6, 6.07) is 7.57. The number of aryl methyl sites for hydroxylation is 1. The normalized spacial score (nSPS) is 13.8. The molecule has 4 heteroatoms. The topological polar surface area (TPSA) is 59.2 Å². The van der Waals surface area contributed by atoms with Crippen LogP contribution in [-0.4, -0.2) is 23.7 Å². The molecular weight excluding hydrogens is 278 g/mol. The van der Waals surface area contributed by atoms with Gasteiger partial charge in [0.1, 0.15) is 5.75 Å². The molecular formula is C18H15NO3. The molecule has 1 aromatic heterocycles. The quantitative estimate of drug-likeness (QED) is 0.733. The highest BCUT2D eigenvalue weighted by Gasteiger charge is 2.24. The van der Waals surface area contributed by atoms with Gasteiger partial charge in [0.25, 0.3) is 0 Å². The Morgan fingerprint density at radius 2 is 2.00 bits per heavy atom. The van der Waals surface area contributed by atoms with E-state index in [9.17, 15) is 9.59 Å². The van der Waals surface area contributed by atoms with Gasteiger partial charge in [-0.3, -0.25) is 9.59 Å².